The normalized spacial score (nSPS) is 18.5. The molecule has 2 aromatic carbocycles. The highest BCUT2D eigenvalue weighted by atomic mass is 35.5. The second kappa shape index (κ2) is 9.20. The number of carbonyl (C=O) groups excluding carboxylic acids is 1. The van der Waals surface area contributed by atoms with E-state index in [9.17, 15) is 19.1 Å². The highest BCUT2D eigenvalue weighted by Crippen LogP contribution is 2.38. The number of ether oxygens (including phenoxy) is 1. The number of carboxylic acids is 1. The van der Waals surface area contributed by atoms with Crippen LogP contribution < -0.4 is 10.1 Å². The van der Waals surface area contributed by atoms with Crippen LogP contribution in [0.15, 0.2) is 30.3 Å². The highest BCUT2D eigenvalue weighted by molar-refractivity contribution is 6.37. The lowest BCUT2D eigenvalue weighted by atomic mass is 9.95. The van der Waals surface area contributed by atoms with E-state index < -0.39 is 29.5 Å². The molecular formula is C20H17Cl3FNO4. The Balaban J connectivity index is 1.72. The van der Waals surface area contributed by atoms with E-state index in [1.54, 1.807) is 6.07 Å². The number of halogens is 4. The van der Waals surface area contributed by atoms with Crippen molar-refractivity contribution in [2.75, 3.05) is 5.32 Å². The molecule has 2 aromatic rings. The summed E-state index contributed by atoms with van der Waals surface area (Å²) in [7, 11) is 0. The minimum atomic E-state index is -0.978. The predicted molar refractivity (Wildman–Crippen MR) is 109 cm³/mol. The van der Waals surface area contributed by atoms with Crippen LogP contribution in [0.2, 0.25) is 15.1 Å². The van der Waals surface area contributed by atoms with E-state index in [0.717, 1.165) is 0 Å². The van der Waals surface area contributed by atoms with E-state index in [-0.39, 0.29) is 33.0 Å². The Bertz CT molecular complexity index is 910. The van der Waals surface area contributed by atoms with Crippen molar-refractivity contribution < 1.29 is 23.8 Å². The number of rotatable bonds is 6. The second-order valence-electron chi connectivity index (χ2n) is 6.73. The Morgan fingerprint density at radius 2 is 1.76 bits per heavy atom. The van der Waals surface area contributed by atoms with Crippen LogP contribution in [0.5, 0.6) is 5.75 Å². The molecule has 5 nitrogen and oxygen atoms in total. The summed E-state index contributed by atoms with van der Waals surface area (Å²) in [6.07, 6.45) is 1.66. The molecule has 1 aliphatic rings. The van der Waals surface area contributed by atoms with Gasteiger partial charge in [-0.05, 0) is 37.1 Å². The average Bonchev–Trinajstić information content (AvgIpc) is 3.13. The van der Waals surface area contributed by atoms with Gasteiger partial charge in [-0.3, -0.25) is 9.59 Å². The summed E-state index contributed by atoms with van der Waals surface area (Å²) in [6.45, 7) is -0.182. The van der Waals surface area contributed by atoms with Crippen LogP contribution in [0, 0.1) is 17.7 Å². The van der Waals surface area contributed by atoms with E-state index in [1.807, 2.05) is 0 Å². The first kappa shape index (κ1) is 21.7. The summed E-state index contributed by atoms with van der Waals surface area (Å²) < 4.78 is 19.4. The molecule has 2 atom stereocenters. The molecule has 9 heteroatoms. The van der Waals surface area contributed by atoms with Gasteiger partial charge in [0.1, 0.15) is 12.4 Å². The van der Waals surface area contributed by atoms with Gasteiger partial charge in [0.15, 0.2) is 5.75 Å². The van der Waals surface area contributed by atoms with Crippen LogP contribution in [0.1, 0.15) is 24.8 Å². The molecule has 154 valence electrons. The summed E-state index contributed by atoms with van der Waals surface area (Å²) in [4.78, 5) is 23.8. The molecule has 0 heterocycles. The molecule has 1 fully saturated rings. The van der Waals surface area contributed by atoms with E-state index in [2.05, 4.69) is 5.32 Å². The summed E-state index contributed by atoms with van der Waals surface area (Å²) in [5, 5.41) is 12.3. The van der Waals surface area contributed by atoms with Gasteiger partial charge in [-0.1, -0.05) is 47.3 Å². The third-order valence-electron chi connectivity index (χ3n) is 4.86. The lowest BCUT2D eigenvalue weighted by molar-refractivity contribution is -0.145. The molecule has 2 unspecified atom stereocenters. The van der Waals surface area contributed by atoms with Crippen molar-refractivity contribution >= 4 is 52.4 Å². The van der Waals surface area contributed by atoms with Crippen molar-refractivity contribution in [3.8, 4) is 5.75 Å². The Morgan fingerprint density at radius 1 is 1.10 bits per heavy atom. The number of aliphatic carboxylic acids is 1. The van der Waals surface area contributed by atoms with Gasteiger partial charge in [-0.15, -0.1) is 0 Å². The maximum Gasteiger partial charge on any atom is 0.307 e. The van der Waals surface area contributed by atoms with Crippen LogP contribution in [0.4, 0.5) is 10.1 Å². The molecule has 0 radical (unpaired) electrons. The van der Waals surface area contributed by atoms with Crippen molar-refractivity contribution in [3.05, 3.63) is 56.8 Å². The summed E-state index contributed by atoms with van der Waals surface area (Å²) in [6, 6.07) is 7.17. The zero-order chi connectivity index (χ0) is 21.1. The SMILES string of the molecule is O=C(O)C1CCCC1C(=O)Nc1cc(Cl)c(OCc2c(F)cccc2Cl)c(Cl)c1. The minimum absolute atomic E-state index is 0.112. The molecule has 0 saturated heterocycles. The summed E-state index contributed by atoms with van der Waals surface area (Å²) in [5.41, 5.74) is 0.483. The van der Waals surface area contributed by atoms with E-state index in [4.69, 9.17) is 39.5 Å². The zero-order valence-corrected chi connectivity index (χ0v) is 17.3. The highest BCUT2D eigenvalue weighted by Gasteiger charge is 2.37. The van der Waals surface area contributed by atoms with E-state index in [0.29, 0.717) is 24.9 Å². The Kier molecular flexibility index (Phi) is 6.88. The molecule has 3 rings (SSSR count). The quantitative estimate of drug-likeness (QED) is 0.571. The molecule has 1 amide bonds. The number of nitrogens with one attached hydrogen (secondary N) is 1. The lowest BCUT2D eigenvalue weighted by Gasteiger charge is -2.17. The van der Waals surface area contributed by atoms with Gasteiger partial charge < -0.3 is 15.2 Å². The molecular weight excluding hydrogens is 444 g/mol. The first-order chi connectivity index (χ1) is 13.8. The van der Waals surface area contributed by atoms with Crippen LogP contribution >= 0.6 is 34.8 Å². The molecule has 1 aliphatic carbocycles. The Labute approximate surface area is 181 Å². The smallest absolute Gasteiger partial charge is 0.307 e. The van der Waals surface area contributed by atoms with Crippen LogP contribution in [0.3, 0.4) is 0 Å². The number of hydrogen-bond donors (Lipinski definition) is 2. The number of amides is 1. The monoisotopic (exact) mass is 459 g/mol. The number of carboxylic acid groups (broad SMARTS) is 1. The van der Waals surface area contributed by atoms with Crippen molar-refractivity contribution in [2.45, 2.75) is 25.9 Å². The van der Waals surface area contributed by atoms with Gasteiger partial charge in [-0.2, -0.15) is 0 Å². The van der Waals surface area contributed by atoms with Gasteiger partial charge >= 0.3 is 5.97 Å². The van der Waals surface area contributed by atoms with Crippen molar-refractivity contribution in [1.29, 1.82) is 0 Å². The number of hydrogen-bond acceptors (Lipinski definition) is 3. The fourth-order valence-electron chi connectivity index (χ4n) is 3.39. The van der Waals surface area contributed by atoms with Gasteiger partial charge in [-0.25, -0.2) is 4.39 Å². The summed E-state index contributed by atoms with van der Waals surface area (Å²) >= 11 is 18.4. The van der Waals surface area contributed by atoms with Crippen LogP contribution in [-0.2, 0) is 16.2 Å². The van der Waals surface area contributed by atoms with Crippen LogP contribution in [0.25, 0.3) is 0 Å². The number of benzene rings is 2. The predicted octanol–water partition coefficient (Wildman–Crippen LogP) is 5.80. The molecule has 29 heavy (non-hydrogen) atoms. The molecule has 0 bridgehead atoms. The van der Waals surface area contributed by atoms with E-state index in [1.165, 1.54) is 24.3 Å². The first-order valence-electron chi connectivity index (χ1n) is 8.86. The topological polar surface area (TPSA) is 75.6 Å². The summed E-state index contributed by atoms with van der Waals surface area (Å²) in [5.74, 6) is -3.07. The molecule has 0 spiro atoms. The van der Waals surface area contributed by atoms with Crippen molar-refractivity contribution in [2.24, 2.45) is 11.8 Å². The average molecular weight is 461 g/mol. The maximum absolute atomic E-state index is 13.9. The third-order valence-corrected chi connectivity index (χ3v) is 5.77. The van der Waals surface area contributed by atoms with Gasteiger partial charge in [0.2, 0.25) is 5.91 Å². The Hall–Kier alpha value is -2.02. The largest absolute Gasteiger partial charge is 0.486 e. The first-order valence-corrected chi connectivity index (χ1v) is 9.99. The minimum Gasteiger partial charge on any atom is -0.486 e. The fourth-order valence-corrected chi connectivity index (χ4v) is 4.20. The van der Waals surface area contributed by atoms with Gasteiger partial charge in [0.05, 0.1) is 26.9 Å². The molecule has 0 aliphatic heterocycles. The molecule has 1 saturated carbocycles. The van der Waals surface area contributed by atoms with E-state index >= 15 is 0 Å². The zero-order valence-electron chi connectivity index (χ0n) is 15.1. The number of anilines is 1. The van der Waals surface area contributed by atoms with Gasteiger partial charge in [0.25, 0.3) is 0 Å². The molecule has 2 N–H and O–H groups in total. The van der Waals surface area contributed by atoms with Crippen molar-refractivity contribution in [1.82, 2.24) is 0 Å². The second-order valence-corrected chi connectivity index (χ2v) is 7.95. The molecule has 0 aromatic heterocycles. The Morgan fingerprint density at radius 3 is 2.38 bits per heavy atom. The number of carbonyl (C=O) groups is 2. The van der Waals surface area contributed by atoms with Gasteiger partial charge in [0, 0.05) is 11.3 Å². The maximum atomic E-state index is 13.9. The lowest BCUT2D eigenvalue weighted by Crippen LogP contribution is -2.30. The third kappa shape index (κ3) is 4.94. The van der Waals surface area contributed by atoms with Crippen LogP contribution in [-0.4, -0.2) is 17.0 Å². The standard InChI is InChI=1S/C20H17Cl3FNO4/c21-14-5-2-6-17(24)13(14)9-29-18-15(22)7-10(8-16(18)23)25-19(26)11-3-1-4-12(11)20(27)28/h2,5-8,11-12H,1,3-4,9H2,(H,25,26)(H,27,28). The van der Waals surface area contributed by atoms with Crippen molar-refractivity contribution in [3.63, 3.8) is 0 Å². The fraction of sp³-hybridized carbons (Fsp3) is 0.300.